The Morgan fingerprint density at radius 1 is 1.18 bits per heavy atom. The highest BCUT2D eigenvalue weighted by Gasteiger charge is 2.02. The van der Waals surface area contributed by atoms with E-state index in [0.717, 1.165) is 12.8 Å². The molecule has 1 N–H and O–H groups in total. The molecule has 0 fully saturated rings. The summed E-state index contributed by atoms with van der Waals surface area (Å²) in [5, 5.41) is 9.61. The molecule has 1 rings (SSSR count). The van der Waals surface area contributed by atoms with Crippen molar-refractivity contribution < 1.29 is 9.84 Å². The third-order valence-corrected chi connectivity index (χ3v) is 2.59. The molecule has 3 nitrogen and oxygen atoms in total. The summed E-state index contributed by atoms with van der Waals surface area (Å²) in [4.78, 5) is 11.3. The van der Waals surface area contributed by atoms with Crippen molar-refractivity contribution in [2.75, 3.05) is 6.61 Å². The van der Waals surface area contributed by atoms with Crippen LogP contribution in [0.4, 0.5) is 0 Å². The van der Waals surface area contributed by atoms with E-state index >= 15 is 0 Å². The van der Waals surface area contributed by atoms with Gasteiger partial charge in [-0.1, -0.05) is 44.4 Å². The van der Waals surface area contributed by atoms with E-state index in [-0.39, 0.29) is 11.2 Å². The normalized spacial score (nSPS) is 10.4. The Balaban J connectivity index is 2.40. The zero-order chi connectivity index (χ0) is 12.5. The van der Waals surface area contributed by atoms with Crippen LogP contribution in [0.15, 0.2) is 29.1 Å². The third kappa shape index (κ3) is 5.00. The second-order valence-corrected chi connectivity index (χ2v) is 4.07. The molecule has 0 saturated heterocycles. The lowest BCUT2D eigenvalue weighted by molar-refractivity contribution is 0.115. The van der Waals surface area contributed by atoms with Gasteiger partial charge in [0.15, 0.2) is 5.75 Å². The van der Waals surface area contributed by atoms with E-state index < -0.39 is 0 Å². The first-order valence-corrected chi connectivity index (χ1v) is 6.14. The lowest BCUT2D eigenvalue weighted by Crippen LogP contribution is -2.00. The summed E-state index contributed by atoms with van der Waals surface area (Å²) in [6, 6.07) is 6.41. The van der Waals surface area contributed by atoms with Crippen molar-refractivity contribution in [3.05, 3.63) is 40.1 Å². The van der Waals surface area contributed by atoms with E-state index in [1.165, 1.54) is 18.9 Å². The summed E-state index contributed by atoms with van der Waals surface area (Å²) in [5.41, 5.74) is 0.190. The molecule has 0 saturated carbocycles. The molecule has 0 heterocycles. The fourth-order valence-corrected chi connectivity index (χ4v) is 1.56. The molecular weight excluding hydrogens is 216 g/mol. The molecule has 0 aliphatic heterocycles. The van der Waals surface area contributed by atoms with Crippen LogP contribution in [0.3, 0.4) is 0 Å². The minimum absolute atomic E-state index is 0.205. The van der Waals surface area contributed by atoms with E-state index in [2.05, 4.69) is 6.92 Å². The topological polar surface area (TPSA) is 46.5 Å². The summed E-state index contributed by atoms with van der Waals surface area (Å²) in [5.74, 6) is -0.205. The molecule has 1 aromatic carbocycles. The molecule has 3 heteroatoms. The largest absolute Gasteiger partial charge is 0.504 e. The van der Waals surface area contributed by atoms with Crippen LogP contribution in [0.2, 0.25) is 0 Å². The van der Waals surface area contributed by atoms with Crippen LogP contribution < -0.4 is 5.43 Å². The SMILES string of the molecule is CCCCCCOCc1ccccc(=O)c1O. The van der Waals surface area contributed by atoms with Gasteiger partial charge in [-0.3, -0.25) is 4.79 Å². The van der Waals surface area contributed by atoms with Gasteiger partial charge in [-0.2, -0.15) is 0 Å². The maximum absolute atomic E-state index is 11.3. The van der Waals surface area contributed by atoms with Crippen LogP contribution in [0.25, 0.3) is 0 Å². The van der Waals surface area contributed by atoms with Crippen LogP contribution >= 0.6 is 0 Å². The average molecular weight is 236 g/mol. The van der Waals surface area contributed by atoms with Gasteiger partial charge in [-0.25, -0.2) is 0 Å². The summed E-state index contributed by atoms with van der Waals surface area (Å²) in [6.07, 6.45) is 4.62. The Morgan fingerprint density at radius 3 is 2.71 bits per heavy atom. The van der Waals surface area contributed by atoms with E-state index in [0.29, 0.717) is 18.8 Å². The molecule has 0 spiro atoms. The highest BCUT2D eigenvalue weighted by molar-refractivity contribution is 5.29. The monoisotopic (exact) mass is 236 g/mol. The maximum Gasteiger partial charge on any atom is 0.220 e. The Bertz CT molecular complexity index is 388. The molecular formula is C14H20O3. The van der Waals surface area contributed by atoms with Crippen molar-refractivity contribution in [1.82, 2.24) is 0 Å². The average Bonchev–Trinajstić information content (AvgIpc) is 2.48. The summed E-state index contributed by atoms with van der Waals surface area (Å²) in [7, 11) is 0. The predicted molar refractivity (Wildman–Crippen MR) is 68.2 cm³/mol. The third-order valence-electron chi connectivity index (χ3n) is 2.59. The second kappa shape index (κ2) is 7.85. The van der Waals surface area contributed by atoms with Crippen LogP contribution in [0.1, 0.15) is 38.2 Å². The number of aromatic hydroxyl groups is 1. The van der Waals surface area contributed by atoms with Gasteiger partial charge in [-0.05, 0) is 12.5 Å². The van der Waals surface area contributed by atoms with Crippen LogP contribution in [-0.4, -0.2) is 11.7 Å². The van der Waals surface area contributed by atoms with Crippen molar-refractivity contribution >= 4 is 0 Å². The summed E-state index contributed by atoms with van der Waals surface area (Å²) < 4.78 is 5.44. The van der Waals surface area contributed by atoms with Crippen LogP contribution in [0.5, 0.6) is 5.75 Å². The number of unbranched alkanes of at least 4 members (excludes halogenated alkanes) is 3. The quantitative estimate of drug-likeness (QED) is 0.740. The van der Waals surface area contributed by atoms with Gasteiger partial charge in [0.05, 0.1) is 6.61 Å². The molecule has 0 atom stereocenters. The fourth-order valence-electron chi connectivity index (χ4n) is 1.56. The van der Waals surface area contributed by atoms with Gasteiger partial charge in [0.2, 0.25) is 5.43 Å². The van der Waals surface area contributed by atoms with Crippen molar-refractivity contribution in [3.8, 4) is 5.75 Å². The van der Waals surface area contributed by atoms with Gasteiger partial charge in [0.25, 0.3) is 0 Å². The Labute approximate surface area is 102 Å². The minimum Gasteiger partial charge on any atom is -0.504 e. The first kappa shape index (κ1) is 13.7. The Hall–Kier alpha value is -1.35. The zero-order valence-corrected chi connectivity index (χ0v) is 10.3. The van der Waals surface area contributed by atoms with E-state index in [1.54, 1.807) is 18.2 Å². The fraction of sp³-hybridized carbons (Fsp3) is 0.500. The van der Waals surface area contributed by atoms with Crippen molar-refractivity contribution in [2.24, 2.45) is 0 Å². The first-order chi connectivity index (χ1) is 8.25. The molecule has 94 valence electrons. The first-order valence-electron chi connectivity index (χ1n) is 6.14. The molecule has 0 aliphatic rings. The highest BCUT2D eigenvalue weighted by atomic mass is 16.5. The minimum atomic E-state index is -0.361. The number of ether oxygens (including phenoxy) is 1. The van der Waals surface area contributed by atoms with E-state index in [1.807, 2.05) is 0 Å². The van der Waals surface area contributed by atoms with Crippen LogP contribution in [0, 0.1) is 0 Å². The van der Waals surface area contributed by atoms with Gasteiger partial charge >= 0.3 is 0 Å². The van der Waals surface area contributed by atoms with Crippen molar-refractivity contribution in [1.29, 1.82) is 0 Å². The van der Waals surface area contributed by atoms with Gasteiger partial charge in [0.1, 0.15) is 0 Å². The van der Waals surface area contributed by atoms with Gasteiger partial charge < -0.3 is 9.84 Å². The molecule has 0 amide bonds. The molecule has 0 unspecified atom stereocenters. The molecule has 0 radical (unpaired) electrons. The molecule has 1 aromatic rings. The molecule has 17 heavy (non-hydrogen) atoms. The summed E-state index contributed by atoms with van der Waals surface area (Å²) >= 11 is 0. The zero-order valence-electron chi connectivity index (χ0n) is 10.3. The van der Waals surface area contributed by atoms with Crippen molar-refractivity contribution in [3.63, 3.8) is 0 Å². The van der Waals surface area contributed by atoms with E-state index in [9.17, 15) is 9.90 Å². The number of hydrogen-bond donors (Lipinski definition) is 1. The van der Waals surface area contributed by atoms with Gasteiger partial charge in [-0.15, -0.1) is 0 Å². The highest BCUT2D eigenvalue weighted by Crippen LogP contribution is 2.11. The van der Waals surface area contributed by atoms with E-state index in [4.69, 9.17) is 4.74 Å². The van der Waals surface area contributed by atoms with Crippen molar-refractivity contribution in [2.45, 2.75) is 39.2 Å². The second-order valence-electron chi connectivity index (χ2n) is 4.07. The Morgan fingerprint density at radius 2 is 1.94 bits per heavy atom. The predicted octanol–water partition coefficient (Wildman–Crippen LogP) is 2.85. The van der Waals surface area contributed by atoms with Gasteiger partial charge in [0, 0.05) is 12.2 Å². The number of rotatable bonds is 7. The molecule has 0 aromatic heterocycles. The lowest BCUT2D eigenvalue weighted by atomic mass is 10.2. The molecule has 0 bridgehead atoms. The molecule has 0 aliphatic carbocycles. The lowest BCUT2D eigenvalue weighted by Gasteiger charge is -2.03. The smallest absolute Gasteiger partial charge is 0.220 e. The maximum atomic E-state index is 11.3. The Kier molecular flexibility index (Phi) is 6.33. The van der Waals surface area contributed by atoms with Crippen LogP contribution in [-0.2, 0) is 11.3 Å². The standard InChI is InChI=1S/C14H20O3/c1-2-3-4-7-10-17-11-12-8-5-6-9-13(15)14(12)16/h5-6,8-9H,2-4,7,10-11H2,1H3,(H,15,16). The summed E-state index contributed by atoms with van der Waals surface area (Å²) in [6.45, 7) is 3.13. The number of hydrogen-bond acceptors (Lipinski definition) is 3.